The molecule has 3 aromatic carbocycles. The number of hydrogen-bond acceptors (Lipinski definition) is 4. The minimum Gasteiger partial charge on any atom is -0.495 e. The van der Waals surface area contributed by atoms with Gasteiger partial charge in [-0.05, 0) is 72.6 Å². The molecule has 1 heterocycles. The van der Waals surface area contributed by atoms with Crippen molar-refractivity contribution in [1.29, 1.82) is 0 Å². The molecule has 6 rings (SSSR count). The molecule has 3 aromatic rings. The highest BCUT2D eigenvalue weighted by Crippen LogP contribution is 2.61. The van der Waals surface area contributed by atoms with Crippen molar-refractivity contribution in [3.8, 4) is 5.75 Å². The van der Waals surface area contributed by atoms with E-state index in [4.69, 9.17) is 16.3 Å². The maximum Gasteiger partial charge on any atom is 0.255 e. The first kappa shape index (κ1) is 22.8. The predicted octanol–water partition coefficient (Wildman–Crippen LogP) is 5.53. The first-order chi connectivity index (χ1) is 17.5. The number of hydrogen-bond donors (Lipinski definition) is 1. The van der Waals surface area contributed by atoms with E-state index < -0.39 is 0 Å². The lowest BCUT2D eigenvalue weighted by molar-refractivity contribution is -0.123. The number of anilines is 2. The zero-order chi connectivity index (χ0) is 25.0. The third kappa shape index (κ3) is 3.59. The number of carbonyl (C=O) groups excluding carboxylic acids is 3. The van der Waals surface area contributed by atoms with Crippen LogP contribution in [0.1, 0.15) is 34.7 Å². The summed E-state index contributed by atoms with van der Waals surface area (Å²) in [5.74, 6) is -0.0698. The van der Waals surface area contributed by atoms with E-state index in [9.17, 15) is 14.4 Å². The summed E-state index contributed by atoms with van der Waals surface area (Å²) in [7, 11) is 1.51. The van der Waals surface area contributed by atoms with E-state index in [0.717, 1.165) is 12.8 Å². The van der Waals surface area contributed by atoms with Crippen molar-refractivity contribution in [2.24, 2.45) is 23.7 Å². The maximum atomic E-state index is 13.6. The van der Waals surface area contributed by atoms with Gasteiger partial charge in [-0.2, -0.15) is 0 Å². The van der Waals surface area contributed by atoms with E-state index in [0.29, 0.717) is 33.6 Å². The number of halogens is 1. The van der Waals surface area contributed by atoms with Crippen LogP contribution >= 0.6 is 11.6 Å². The summed E-state index contributed by atoms with van der Waals surface area (Å²) in [6.07, 6.45) is 1.86. The fourth-order valence-corrected chi connectivity index (χ4v) is 6.73. The number of carbonyl (C=O) groups is 3. The number of ether oxygens (including phenoxy) is 1. The fraction of sp³-hybridized carbons (Fsp3) is 0.276. The van der Waals surface area contributed by atoms with Crippen LogP contribution < -0.4 is 15.0 Å². The average Bonchev–Trinajstić information content (AvgIpc) is 3.56. The van der Waals surface area contributed by atoms with Gasteiger partial charge in [0.2, 0.25) is 11.8 Å². The molecular weight excluding hydrogens is 476 g/mol. The molecule has 1 aliphatic heterocycles. The van der Waals surface area contributed by atoms with Gasteiger partial charge in [-0.15, -0.1) is 0 Å². The third-order valence-electron chi connectivity index (χ3n) is 8.02. The summed E-state index contributed by atoms with van der Waals surface area (Å²) in [6.45, 7) is 0. The second-order valence-electron chi connectivity index (χ2n) is 9.83. The molecule has 3 amide bonds. The fourth-order valence-electron chi connectivity index (χ4n) is 6.56. The van der Waals surface area contributed by atoms with Gasteiger partial charge in [0.25, 0.3) is 5.91 Å². The first-order valence-corrected chi connectivity index (χ1v) is 12.5. The molecular formula is C29H25ClN2O4. The van der Waals surface area contributed by atoms with Gasteiger partial charge >= 0.3 is 0 Å². The molecule has 2 bridgehead atoms. The lowest BCUT2D eigenvalue weighted by Crippen LogP contribution is -2.33. The topological polar surface area (TPSA) is 75.7 Å². The van der Waals surface area contributed by atoms with E-state index in [-0.39, 0.29) is 41.4 Å². The van der Waals surface area contributed by atoms with Crippen molar-refractivity contribution in [2.75, 3.05) is 17.3 Å². The minimum atomic E-state index is -0.388. The van der Waals surface area contributed by atoms with Gasteiger partial charge in [0.15, 0.2) is 0 Å². The van der Waals surface area contributed by atoms with Crippen molar-refractivity contribution in [1.82, 2.24) is 0 Å². The van der Waals surface area contributed by atoms with Gasteiger partial charge in [0.05, 0.1) is 30.3 Å². The Bertz CT molecular complexity index is 1370. The highest BCUT2D eigenvalue weighted by Gasteiger charge is 2.64. The number of rotatable bonds is 5. The molecule has 3 fully saturated rings. The Hall–Kier alpha value is -3.64. The van der Waals surface area contributed by atoms with Crippen LogP contribution in [-0.4, -0.2) is 24.8 Å². The normalized spacial score (nSPS) is 26.3. The number of amides is 3. The average molecular weight is 501 g/mol. The summed E-state index contributed by atoms with van der Waals surface area (Å²) in [5, 5.41) is 3.27. The van der Waals surface area contributed by atoms with Gasteiger partial charge in [-0.3, -0.25) is 19.3 Å². The lowest BCUT2D eigenvalue weighted by atomic mass is 9.73. The monoisotopic (exact) mass is 500 g/mol. The van der Waals surface area contributed by atoms with Gasteiger partial charge < -0.3 is 10.1 Å². The predicted molar refractivity (Wildman–Crippen MR) is 137 cm³/mol. The van der Waals surface area contributed by atoms with Gasteiger partial charge in [-0.1, -0.05) is 48.0 Å². The highest BCUT2D eigenvalue weighted by molar-refractivity contribution is 6.31. The summed E-state index contributed by atoms with van der Waals surface area (Å²) in [4.78, 5) is 41.5. The molecule has 0 aromatic heterocycles. The zero-order valence-electron chi connectivity index (χ0n) is 19.7. The smallest absolute Gasteiger partial charge is 0.255 e. The van der Waals surface area contributed by atoms with Crippen LogP contribution in [0.2, 0.25) is 5.02 Å². The van der Waals surface area contributed by atoms with E-state index in [2.05, 4.69) is 17.4 Å². The van der Waals surface area contributed by atoms with Crippen molar-refractivity contribution < 1.29 is 19.1 Å². The Morgan fingerprint density at radius 2 is 1.72 bits per heavy atom. The molecule has 5 unspecified atom stereocenters. The van der Waals surface area contributed by atoms with Crippen LogP contribution in [0.4, 0.5) is 11.4 Å². The first-order valence-electron chi connectivity index (χ1n) is 12.1. The quantitative estimate of drug-likeness (QED) is 0.467. The van der Waals surface area contributed by atoms with Crippen LogP contribution in [-0.2, 0) is 9.59 Å². The number of nitrogens with one attached hydrogen (secondary N) is 1. The van der Waals surface area contributed by atoms with Crippen molar-refractivity contribution >= 4 is 40.7 Å². The minimum absolute atomic E-state index is 0.141. The number of fused-ring (bicyclic) bond motifs is 5. The zero-order valence-corrected chi connectivity index (χ0v) is 20.4. The number of imide groups is 1. The molecule has 2 aliphatic carbocycles. The molecule has 3 aliphatic rings. The van der Waals surface area contributed by atoms with Crippen molar-refractivity contribution in [2.45, 2.75) is 18.8 Å². The van der Waals surface area contributed by atoms with Crippen molar-refractivity contribution in [3.63, 3.8) is 0 Å². The molecule has 7 heteroatoms. The van der Waals surface area contributed by atoms with Crippen LogP contribution in [0.15, 0.2) is 72.8 Å². The van der Waals surface area contributed by atoms with Gasteiger partial charge in [0.1, 0.15) is 5.75 Å². The third-order valence-corrected chi connectivity index (χ3v) is 8.25. The molecule has 5 atom stereocenters. The standard InChI is InChI=1S/C29H25ClN2O4/c1-36-24-11-10-19(30)15-23(24)31-27(33)17-8-5-9-20(12-17)32-28(34)25-18-13-21(16-6-3-2-4-7-16)22(14-18)26(25)29(32)35/h2-12,15,18,21-22,25-26H,13-14H2,1H3,(H,31,33). The van der Waals surface area contributed by atoms with Crippen LogP contribution in [0.3, 0.4) is 0 Å². The van der Waals surface area contributed by atoms with E-state index in [1.807, 2.05) is 18.2 Å². The maximum absolute atomic E-state index is 13.6. The molecule has 2 saturated carbocycles. The lowest BCUT2D eigenvalue weighted by Gasteiger charge is -2.28. The SMILES string of the molecule is COc1ccc(Cl)cc1NC(=O)c1cccc(N2C(=O)C3C4CC(c5ccccc5)C(C4)C3C2=O)c1. The highest BCUT2D eigenvalue weighted by atomic mass is 35.5. The second-order valence-corrected chi connectivity index (χ2v) is 10.3. The summed E-state index contributed by atoms with van der Waals surface area (Å²) >= 11 is 6.08. The molecule has 1 saturated heterocycles. The van der Waals surface area contributed by atoms with Crippen LogP contribution in [0.25, 0.3) is 0 Å². The molecule has 182 valence electrons. The molecule has 1 N–H and O–H groups in total. The van der Waals surface area contributed by atoms with Gasteiger partial charge in [-0.25, -0.2) is 0 Å². The summed E-state index contributed by atoms with van der Waals surface area (Å²) in [6, 6.07) is 21.9. The largest absolute Gasteiger partial charge is 0.495 e. The van der Waals surface area contributed by atoms with Gasteiger partial charge in [0, 0.05) is 10.6 Å². The van der Waals surface area contributed by atoms with Crippen LogP contribution in [0, 0.1) is 23.7 Å². The van der Waals surface area contributed by atoms with E-state index in [1.165, 1.54) is 17.6 Å². The molecule has 36 heavy (non-hydrogen) atoms. The molecule has 0 spiro atoms. The Kier molecular flexibility index (Phi) is 5.56. The number of methoxy groups -OCH3 is 1. The molecule has 6 nitrogen and oxygen atoms in total. The van der Waals surface area contributed by atoms with E-state index >= 15 is 0 Å². The number of benzene rings is 3. The second kappa shape index (κ2) is 8.79. The Morgan fingerprint density at radius 1 is 0.944 bits per heavy atom. The number of nitrogens with zero attached hydrogens (tertiary/aromatic N) is 1. The summed E-state index contributed by atoms with van der Waals surface area (Å²) in [5.41, 5.74) is 2.45. The Morgan fingerprint density at radius 3 is 2.50 bits per heavy atom. The molecule has 0 radical (unpaired) electrons. The van der Waals surface area contributed by atoms with E-state index in [1.54, 1.807) is 42.5 Å². The van der Waals surface area contributed by atoms with Crippen LogP contribution in [0.5, 0.6) is 5.75 Å². The Labute approximate surface area is 214 Å². The van der Waals surface area contributed by atoms with Crippen molar-refractivity contribution in [3.05, 3.63) is 88.9 Å². The Balaban J connectivity index is 1.26. The summed E-state index contributed by atoms with van der Waals surface area (Å²) < 4.78 is 5.31.